The van der Waals surface area contributed by atoms with Crippen molar-refractivity contribution < 1.29 is 9.63 Å². The minimum atomic E-state index is 0. The summed E-state index contributed by atoms with van der Waals surface area (Å²) < 4.78 is 0. The molecule has 0 aromatic carbocycles. The summed E-state index contributed by atoms with van der Waals surface area (Å²) in [5.41, 5.74) is 2.17. The first-order valence-electron chi connectivity index (χ1n) is 4.72. The van der Waals surface area contributed by atoms with E-state index in [0.29, 0.717) is 13.0 Å². The summed E-state index contributed by atoms with van der Waals surface area (Å²) >= 11 is 0. The Morgan fingerprint density at radius 1 is 1.15 bits per heavy atom. The van der Waals surface area contributed by atoms with Gasteiger partial charge in [0.2, 0.25) is 6.41 Å². The predicted molar refractivity (Wildman–Crippen MR) is 55.7 cm³/mol. The van der Waals surface area contributed by atoms with E-state index in [1.165, 1.54) is 32.1 Å². The molecule has 0 spiro atoms. The molecule has 0 rings (SSSR count). The van der Waals surface area contributed by atoms with Gasteiger partial charge in [-0.15, -0.1) is 0 Å². The zero-order chi connectivity index (χ0) is 9.07. The van der Waals surface area contributed by atoms with Gasteiger partial charge in [-0.2, -0.15) is 0 Å². The number of unbranched alkanes of at least 4 members (excludes halogenated alkanes) is 5. The van der Waals surface area contributed by atoms with Crippen LogP contribution in [0.5, 0.6) is 0 Å². The zero-order valence-electron chi connectivity index (χ0n) is 7.84. The van der Waals surface area contributed by atoms with Gasteiger partial charge in [0.05, 0.1) is 6.61 Å². The van der Waals surface area contributed by atoms with Gasteiger partial charge in [-0.05, 0) is 6.42 Å². The topological polar surface area (TPSA) is 38.3 Å². The molecule has 0 radical (unpaired) electrons. The van der Waals surface area contributed by atoms with Crippen LogP contribution in [0.2, 0.25) is 0 Å². The number of hydrogen-bond acceptors (Lipinski definition) is 2. The maximum absolute atomic E-state index is 9.74. The van der Waals surface area contributed by atoms with E-state index < -0.39 is 0 Å². The van der Waals surface area contributed by atoms with E-state index in [9.17, 15) is 4.79 Å². The molecule has 0 saturated heterocycles. The maximum atomic E-state index is 9.74. The van der Waals surface area contributed by atoms with Crippen molar-refractivity contribution in [1.29, 1.82) is 0 Å². The van der Waals surface area contributed by atoms with Crippen LogP contribution in [0.1, 0.15) is 45.4 Å². The quantitative estimate of drug-likeness (QED) is 0.262. The molecule has 0 unspecified atom stereocenters. The first-order valence-corrected chi connectivity index (χ1v) is 4.72. The molecule has 0 aliphatic carbocycles. The second-order valence-corrected chi connectivity index (χ2v) is 2.85. The molecule has 1 N–H and O–H groups in total. The van der Waals surface area contributed by atoms with Crippen molar-refractivity contribution in [3.63, 3.8) is 0 Å². The van der Waals surface area contributed by atoms with Gasteiger partial charge in [-0.1, -0.05) is 39.0 Å². The molecule has 0 aromatic rings. The van der Waals surface area contributed by atoms with Gasteiger partial charge in [0, 0.05) is 0 Å². The molecule has 0 aliphatic rings. The minimum absolute atomic E-state index is 0. The van der Waals surface area contributed by atoms with Gasteiger partial charge in [0.1, 0.15) is 0 Å². The molecule has 0 aromatic heterocycles. The van der Waals surface area contributed by atoms with Crippen molar-refractivity contribution in [1.82, 2.24) is 5.48 Å². The van der Waals surface area contributed by atoms with Crippen LogP contribution in [0.15, 0.2) is 0 Å². The van der Waals surface area contributed by atoms with Crippen molar-refractivity contribution in [2.45, 2.75) is 45.4 Å². The van der Waals surface area contributed by atoms with E-state index in [2.05, 4.69) is 12.4 Å². The van der Waals surface area contributed by atoms with E-state index in [4.69, 9.17) is 4.84 Å². The van der Waals surface area contributed by atoms with Crippen LogP contribution >= 0.6 is 0 Å². The molecule has 1 amide bonds. The van der Waals surface area contributed by atoms with Crippen molar-refractivity contribution in [2.75, 3.05) is 6.61 Å². The SMILES string of the molecule is CCCCCCCCONC=O.[NaH]. The summed E-state index contributed by atoms with van der Waals surface area (Å²) in [7, 11) is 0. The average molecular weight is 197 g/mol. The molecule has 0 heterocycles. The Hall–Kier alpha value is 0.430. The fourth-order valence-electron chi connectivity index (χ4n) is 1.05. The number of rotatable bonds is 9. The monoisotopic (exact) mass is 197 g/mol. The first kappa shape index (κ1) is 15.9. The van der Waals surface area contributed by atoms with E-state index in [1.54, 1.807) is 0 Å². The fourth-order valence-corrected chi connectivity index (χ4v) is 1.05. The third kappa shape index (κ3) is 15.2. The molecular formula is C9H20NNaO2. The molecule has 13 heavy (non-hydrogen) atoms. The Labute approximate surface area is 103 Å². The average Bonchev–Trinajstić information content (AvgIpc) is 2.10. The Kier molecular flexibility index (Phi) is 18.2. The number of nitrogens with one attached hydrogen (secondary N) is 1. The van der Waals surface area contributed by atoms with Crippen LogP contribution in [-0.2, 0) is 9.63 Å². The van der Waals surface area contributed by atoms with Crippen LogP contribution in [0.25, 0.3) is 0 Å². The summed E-state index contributed by atoms with van der Waals surface area (Å²) in [6, 6.07) is 0. The van der Waals surface area contributed by atoms with Gasteiger partial charge in [-0.25, -0.2) is 5.48 Å². The molecule has 4 heteroatoms. The third-order valence-electron chi connectivity index (χ3n) is 1.73. The summed E-state index contributed by atoms with van der Waals surface area (Å²) in [5.74, 6) is 0. The Morgan fingerprint density at radius 2 is 1.77 bits per heavy atom. The molecule has 0 saturated carbocycles. The Balaban J connectivity index is 0. The summed E-state index contributed by atoms with van der Waals surface area (Å²) in [4.78, 5) is 14.5. The molecule has 0 fully saturated rings. The van der Waals surface area contributed by atoms with Crippen LogP contribution in [0.3, 0.4) is 0 Å². The van der Waals surface area contributed by atoms with E-state index in [1.807, 2.05) is 0 Å². The van der Waals surface area contributed by atoms with E-state index in [-0.39, 0.29) is 29.6 Å². The normalized spacial score (nSPS) is 9.00. The predicted octanol–water partition coefficient (Wildman–Crippen LogP) is 1.38. The van der Waals surface area contributed by atoms with E-state index >= 15 is 0 Å². The molecular weight excluding hydrogens is 177 g/mol. The van der Waals surface area contributed by atoms with Gasteiger partial charge in [0.15, 0.2) is 0 Å². The van der Waals surface area contributed by atoms with Gasteiger partial charge >= 0.3 is 29.6 Å². The van der Waals surface area contributed by atoms with Crippen LogP contribution < -0.4 is 5.48 Å². The van der Waals surface area contributed by atoms with Gasteiger partial charge in [0.25, 0.3) is 0 Å². The van der Waals surface area contributed by atoms with Gasteiger partial charge < -0.3 is 0 Å². The standard InChI is InChI=1S/C9H19NO2.Na.H/c1-2-3-4-5-6-7-8-12-10-9-11;;/h9H,2-8H2,1H3,(H,10,11);;. The van der Waals surface area contributed by atoms with Crippen molar-refractivity contribution in [3.05, 3.63) is 0 Å². The number of carbonyl (C=O) groups excluding carboxylic acids is 1. The fraction of sp³-hybridized carbons (Fsp3) is 0.889. The van der Waals surface area contributed by atoms with Crippen molar-refractivity contribution >= 4 is 36.0 Å². The molecule has 3 nitrogen and oxygen atoms in total. The number of hydrogen-bond donors (Lipinski definition) is 1. The number of hydroxylamine groups is 1. The molecule has 0 aliphatic heterocycles. The second kappa shape index (κ2) is 14.9. The first-order chi connectivity index (χ1) is 5.91. The number of amides is 1. The molecule has 74 valence electrons. The Morgan fingerprint density at radius 3 is 2.38 bits per heavy atom. The summed E-state index contributed by atoms with van der Waals surface area (Å²) in [6.45, 7) is 2.84. The van der Waals surface area contributed by atoms with Gasteiger partial charge in [-0.3, -0.25) is 9.63 Å². The number of carbonyl (C=O) groups is 1. The van der Waals surface area contributed by atoms with Crippen LogP contribution in [0.4, 0.5) is 0 Å². The summed E-state index contributed by atoms with van der Waals surface area (Å²) in [5, 5.41) is 0. The Bertz CT molecular complexity index is 102. The van der Waals surface area contributed by atoms with Crippen LogP contribution in [-0.4, -0.2) is 42.6 Å². The third-order valence-corrected chi connectivity index (χ3v) is 1.73. The second-order valence-electron chi connectivity index (χ2n) is 2.85. The zero-order valence-corrected chi connectivity index (χ0v) is 7.84. The summed E-state index contributed by atoms with van der Waals surface area (Å²) in [6.07, 6.45) is 7.98. The van der Waals surface area contributed by atoms with Crippen molar-refractivity contribution in [2.24, 2.45) is 0 Å². The molecule has 0 atom stereocenters. The van der Waals surface area contributed by atoms with E-state index in [0.717, 1.165) is 6.42 Å². The van der Waals surface area contributed by atoms with Crippen molar-refractivity contribution in [3.8, 4) is 0 Å². The molecule has 0 bridgehead atoms. The van der Waals surface area contributed by atoms with Crippen LogP contribution in [0, 0.1) is 0 Å².